The SMILES string of the molecule is O=C(CN1CCCCC1)N1N=C2c3ccccc3CC[C@@H]2[C@H]1c1cccs1. The lowest BCUT2D eigenvalue weighted by Crippen LogP contribution is -2.41. The van der Waals surface area contributed by atoms with E-state index in [2.05, 4.69) is 46.7 Å². The Morgan fingerprint density at radius 3 is 2.78 bits per heavy atom. The van der Waals surface area contributed by atoms with Crippen molar-refractivity contribution >= 4 is 23.0 Å². The van der Waals surface area contributed by atoms with Crippen LogP contribution in [0.15, 0.2) is 46.9 Å². The molecule has 27 heavy (non-hydrogen) atoms. The molecule has 0 spiro atoms. The van der Waals surface area contributed by atoms with Crippen LogP contribution in [0.25, 0.3) is 0 Å². The Balaban J connectivity index is 1.48. The maximum absolute atomic E-state index is 13.3. The van der Waals surface area contributed by atoms with Gasteiger partial charge in [-0.1, -0.05) is 36.8 Å². The Morgan fingerprint density at radius 2 is 1.96 bits per heavy atom. The van der Waals surface area contributed by atoms with Crippen LogP contribution in [0.1, 0.15) is 47.7 Å². The van der Waals surface area contributed by atoms with Gasteiger partial charge in [0.15, 0.2) is 0 Å². The molecule has 0 bridgehead atoms. The summed E-state index contributed by atoms with van der Waals surface area (Å²) >= 11 is 1.74. The van der Waals surface area contributed by atoms with Gasteiger partial charge < -0.3 is 0 Å². The van der Waals surface area contributed by atoms with Gasteiger partial charge in [0, 0.05) is 16.4 Å². The first-order chi connectivity index (χ1) is 13.3. The lowest BCUT2D eigenvalue weighted by molar-refractivity contribution is -0.135. The van der Waals surface area contributed by atoms with Crippen molar-refractivity contribution in [3.63, 3.8) is 0 Å². The minimum absolute atomic E-state index is 0.0608. The zero-order chi connectivity index (χ0) is 18.2. The number of hydrazone groups is 1. The van der Waals surface area contributed by atoms with Crippen molar-refractivity contribution < 1.29 is 4.79 Å². The third-order valence-electron chi connectivity index (χ3n) is 6.13. The molecule has 0 N–H and O–H groups in total. The van der Waals surface area contributed by atoms with Crippen LogP contribution < -0.4 is 0 Å². The van der Waals surface area contributed by atoms with E-state index in [4.69, 9.17) is 5.10 Å². The molecule has 2 aliphatic heterocycles. The van der Waals surface area contributed by atoms with Crippen LogP contribution in [-0.2, 0) is 11.2 Å². The van der Waals surface area contributed by atoms with Crippen molar-refractivity contribution in [2.24, 2.45) is 11.0 Å². The van der Waals surface area contributed by atoms with Gasteiger partial charge in [0.25, 0.3) is 5.91 Å². The lowest BCUT2D eigenvalue weighted by Gasteiger charge is -2.31. The van der Waals surface area contributed by atoms with E-state index in [1.165, 1.54) is 35.3 Å². The van der Waals surface area contributed by atoms with E-state index < -0.39 is 0 Å². The van der Waals surface area contributed by atoms with Gasteiger partial charge >= 0.3 is 0 Å². The van der Waals surface area contributed by atoms with E-state index >= 15 is 0 Å². The summed E-state index contributed by atoms with van der Waals surface area (Å²) in [5, 5.41) is 8.87. The molecule has 3 aliphatic rings. The number of likely N-dealkylation sites (tertiary alicyclic amines) is 1. The van der Waals surface area contributed by atoms with E-state index in [1.54, 1.807) is 11.3 Å². The van der Waals surface area contributed by atoms with Crippen LogP contribution in [0, 0.1) is 5.92 Å². The molecule has 4 nitrogen and oxygen atoms in total. The number of nitrogens with zero attached hydrogens (tertiary/aromatic N) is 3. The number of benzene rings is 1. The second-order valence-electron chi connectivity index (χ2n) is 7.82. The molecule has 140 valence electrons. The van der Waals surface area contributed by atoms with Crippen LogP contribution in [0.3, 0.4) is 0 Å². The monoisotopic (exact) mass is 379 g/mol. The molecule has 1 aromatic carbocycles. The predicted octanol–water partition coefficient (Wildman–Crippen LogP) is 4.08. The van der Waals surface area contributed by atoms with Gasteiger partial charge in [-0.15, -0.1) is 11.3 Å². The Morgan fingerprint density at radius 1 is 1.11 bits per heavy atom. The fraction of sp³-hybridized carbons (Fsp3) is 0.455. The van der Waals surface area contributed by atoms with Crippen LogP contribution in [-0.4, -0.2) is 41.2 Å². The summed E-state index contributed by atoms with van der Waals surface area (Å²) in [6, 6.07) is 12.9. The summed E-state index contributed by atoms with van der Waals surface area (Å²) in [5.41, 5.74) is 3.72. The number of amides is 1. The zero-order valence-corrected chi connectivity index (χ0v) is 16.3. The first-order valence-electron chi connectivity index (χ1n) is 10.1. The number of rotatable bonds is 3. The van der Waals surface area contributed by atoms with Gasteiger partial charge in [0.2, 0.25) is 0 Å². The molecule has 3 heterocycles. The van der Waals surface area contributed by atoms with Crippen molar-refractivity contribution in [2.45, 2.75) is 38.1 Å². The molecule has 2 atom stereocenters. The summed E-state index contributed by atoms with van der Waals surface area (Å²) in [6.07, 6.45) is 5.81. The average Bonchev–Trinajstić information content (AvgIpc) is 3.36. The van der Waals surface area contributed by atoms with Crippen molar-refractivity contribution in [1.82, 2.24) is 9.91 Å². The van der Waals surface area contributed by atoms with Crippen LogP contribution >= 0.6 is 11.3 Å². The third-order valence-corrected chi connectivity index (χ3v) is 7.07. The quantitative estimate of drug-likeness (QED) is 0.805. The molecule has 0 saturated carbocycles. The number of piperidine rings is 1. The normalized spacial score (nSPS) is 25.0. The highest BCUT2D eigenvalue weighted by atomic mass is 32.1. The number of hydrogen-bond acceptors (Lipinski definition) is 4. The average molecular weight is 380 g/mol. The van der Waals surface area contributed by atoms with Crippen LogP contribution in [0.5, 0.6) is 0 Å². The van der Waals surface area contributed by atoms with Gasteiger partial charge in [-0.05, 0) is 55.8 Å². The molecular weight excluding hydrogens is 354 g/mol. The topological polar surface area (TPSA) is 35.9 Å². The minimum atomic E-state index is 0.0608. The largest absolute Gasteiger partial charge is 0.294 e. The molecule has 1 aromatic heterocycles. The zero-order valence-electron chi connectivity index (χ0n) is 15.5. The maximum Gasteiger partial charge on any atom is 0.257 e. The van der Waals surface area contributed by atoms with E-state index in [-0.39, 0.29) is 11.9 Å². The van der Waals surface area contributed by atoms with Crippen molar-refractivity contribution in [3.8, 4) is 0 Å². The van der Waals surface area contributed by atoms with E-state index in [0.717, 1.165) is 31.6 Å². The third kappa shape index (κ3) is 3.13. The summed E-state index contributed by atoms with van der Waals surface area (Å²) in [5.74, 6) is 0.457. The summed E-state index contributed by atoms with van der Waals surface area (Å²) in [6.45, 7) is 2.56. The molecule has 5 rings (SSSR count). The van der Waals surface area contributed by atoms with Gasteiger partial charge in [-0.3, -0.25) is 9.69 Å². The molecule has 0 unspecified atom stereocenters. The summed E-state index contributed by atoms with van der Waals surface area (Å²) in [4.78, 5) is 16.8. The van der Waals surface area contributed by atoms with E-state index in [9.17, 15) is 4.79 Å². The lowest BCUT2D eigenvalue weighted by atomic mass is 9.79. The van der Waals surface area contributed by atoms with Gasteiger partial charge in [0.1, 0.15) is 0 Å². The first-order valence-corrected chi connectivity index (χ1v) is 10.9. The minimum Gasteiger partial charge on any atom is -0.294 e. The number of carbonyl (C=O) groups is 1. The van der Waals surface area contributed by atoms with Gasteiger partial charge in [-0.25, -0.2) is 5.01 Å². The number of fused-ring (bicyclic) bond motifs is 3. The second-order valence-corrected chi connectivity index (χ2v) is 8.80. The molecule has 2 aromatic rings. The molecule has 1 fully saturated rings. The Kier molecular flexibility index (Phi) is 4.58. The molecule has 1 aliphatic carbocycles. The highest BCUT2D eigenvalue weighted by Gasteiger charge is 2.44. The maximum atomic E-state index is 13.3. The number of thiophene rings is 1. The van der Waals surface area contributed by atoms with Crippen LogP contribution in [0.4, 0.5) is 0 Å². The standard InChI is InChI=1S/C22H25N3OS/c26-20(15-24-12-4-1-5-13-24)25-22(19-9-6-14-27-19)18-11-10-16-7-2-3-8-17(16)21(18)23-25/h2-3,6-9,14,18,22H,1,4-5,10-13,15H2/t18-,22-/m0/s1. The Hall–Kier alpha value is -1.98. The Bertz CT molecular complexity index is 854. The van der Waals surface area contributed by atoms with Gasteiger partial charge in [0.05, 0.1) is 18.3 Å². The van der Waals surface area contributed by atoms with Crippen LogP contribution in [0.2, 0.25) is 0 Å². The smallest absolute Gasteiger partial charge is 0.257 e. The van der Waals surface area contributed by atoms with E-state index in [1.807, 2.05) is 5.01 Å². The fourth-order valence-electron chi connectivity index (χ4n) is 4.79. The highest BCUT2D eigenvalue weighted by molar-refractivity contribution is 7.10. The highest BCUT2D eigenvalue weighted by Crippen LogP contribution is 2.44. The number of carbonyl (C=O) groups excluding carboxylic acids is 1. The first kappa shape index (κ1) is 17.1. The van der Waals surface area contributed by atoms with Crippen molar-refractivity contribution in [2.75, 3.05) is 19.6 Å². The van der Waals surface area contributed by atoms with E-state index in [0.29, 0.717) is 12.5 Å². The molecular formula is C22H25N3OS. The van der Waals surface area contributed by atoms with Gasteiger partial charge in [-0.2, -0.15) is 5.10 Å². The van der Waals surface area contributed by atoms with Crippen molar-refractivity contribution in [1.29, 1.82) is 0 Å². The summed E-state index contributed by atoms with van der Waals surface area (Å²) in [7, 11) is 0. The molecule has 5 heteroatoms. The Labute approximate surface area is 164 Å². The molecule has 0 radical (unpaired) electrons. The fourth-order valence-corrected chi connectivity index (χ4v) is 5.67. The predicted molar refractivity (Wildman–Crippen MR) is 109 cm³/mol. The second kappa shape index (κ2) is 7.21. The number of hydrogen-bond donors (Lipinski definition) is 0. The summed E-state index contributed by atoms with van der Waals surface area (Å²) < 4.78 is 0. The van der Waals surface area contributed by atoms with Crippen molar-refractivity contribution in [3.05, 3.63) is 57.8 Å². The molecule has 1 saturated heterocycles. The molecule has 1 amide bonds. The number of aryl methyl sites for hydroxylation is 1.